The van der Waals surface area contributed by atoms with E-state index in [4.69, 9.17) is 4.74 Å². The van der Waals surface area contributed by atoms with Gasteiger partial charge in [0.05, 0.1) is 18.9 Å². The van der Waals surface area contributed by atoms with Crippen molar-refractivity contribution in [1.29, 1.82) is 0 Å². The molecule has 4 nitrogen and oxygen atoms in total. The van der Waals surface area contributed by atoms with Crippen molar-refractivity contribution in [1.82, 2.24) is 0 Å². The Hall–Kier alpha value is -2.02. The number of ether oxygens (including phenoxy) is 2. The van der Waals surface area contributed by atoms with Crippen LogP contribution in [0.5, 0.6) is 5.75 Å². The molecule has 0 atom stereocenters. The highest BCUT2D eigenvalue weighted by Crippen LogP contribution is 2.38. The summed E-state index contributed by atoms with van der Waals surface area (Å²) in [4.78, 5) is 23.4. The number of esters is 2. The molecular formula is C17H18F2O4S. The number of halogens is 2. The summed E-state index contributed by atoms with van der Waals surface area (Å²) in [6, 6.07) is 2.69. The van der Waals surface area contributed by atoms with Crippen LogP contribution in [0, 0.1) is 5.41 Å². The minimum atomic E-state index is -2.76. The predicted octanol–water partition coefficient (Wildman–Crippen LogP) is 4.51. The monoisotopic (exact) mass is 356 g/mol. The topological polar surface area (TPSA) is 52.6 Å². The maximum absolute atomic E-state index is 13.5. The first kappa shape index (κ1) is 18.3. The molecule has 0 aliphatic heterocycles. The Balaban J connectivity index is 2.49. The van der Waals surface area contributed by atoms with Crippen molar-refractivity contribution in [3.63, 3.8) is 0 Å². The third-order valence-electron chi connectivity index (χ3n) is 3.38. The van der Waals surface area contributed by atoms with Crippen LogP contribution in [0.4, 0.5) is 8.78 Å². The molecular weight excluding hydrogens is 338 g/mol. The van der Waals surface area contributed by atoms with Gasteiger partial charge in [-0.1, -0.05) is 0 Å². The van der Waals surface area contributed by atoms with Crippen LogP contribution in [0.2, 0.25) is 0 Å². The summed E-state index contributed by atoms with van der Waals surface area (Å²) < 4.78 is 37.3. The number of fused-ring (bicyclic) bond motifs is 1. The smallest absolute Gasteiger partial charge is 0.316 e. The summed E-state index contributed by atoms with van der Waals surface area (Å²) in [5, 5.41) is 1.96. The van der Waals surface area contributed by atoms with Crippen molar-refractivity contribution in [2.75, 3.05) is 7.11 Å². The van der Waals surface area contributed by atoms with Crippen LogP contribution in [0.1, 0.15) is 38.3 Å². The molecule has 130 valence electrons. The van der Waals surface area contributed by atoms with E-state index in [2.05, 4.69) is 4.74 Å². The molecule has 0 saturated heterocycles. The molecule has 0 unspecified atom stereocenters. The Bertz CT molecular complexity index is 775. The number of carbonyl (C=O) groups excluding carboxylic acids is 2. The van der Waals surface area contributed by atoms with Crippen LogP contribution in [0.25, 0.3) is 10.1 Å². The highest BCUT2D eigenvalue weighted by molar-refractivity contribution is 7.17. The maximum Gasteiger partial charge on any atom is 0.316 e. The van der Waals surface area contributed by atoms with Gasteiger partial charge in [-0.15, -0.1) is 11.3 Å². The normalized spacial score (nSPS) is 11.8. The van der Waals surface area contributed by atoms with Gasteiger partial charge >= 0.3 is 11.9 Å². The van der Waals surface area contributed by atoms with Crippen LogP contribution >= 0.6 is 11.3 Å². The summed E-state index contributed by atoms with van der Waals surface area (Å²) in [7, 11) is 1.25. The molecule has 1 aromatic carbocycles. The first-order chi connectivity index (χ1) is 11.1. The quantitative estimate of drug-likeness (QED) is 0.598. The lowest BCUT2D eigenvalue weighted by molar-refractivity contribution is -0.143. The fourth-order valence-corrected chi connectivity index (χ4v) is 3.11. The van der Waals surface area contributed by atoms with E-state index in [9.17, 15) is 18.4 Å². The van der Waals surface area contributed by atoms with Gasteiger partial charge in [-0.2, -0.15) is 0 Å². The van der Waals surface area contributed by atoms with Crippen LogP contribution in [0.3, 0.4) is 0 Å². The van der Waals surface area contributed by atoms with Gasteiger partial charge in [0.15, 0.2) is 0 Å². The Morgan fingerprint density at radius 2 is 1.92 bits per heavy atom. The van der Waals surface area contributed by atoms with Crippen molar-refractivity contribution in [3.8, 4) is 5.75 Å². The zero-order valence-electron chi connectivity index (χ0n) is 13.8. The van der Waals surface area contributed by atoms with Gasteiger partial charge < -0.3 is 9.47 Å². The van der Waals surface area contributed by atoms with Gasteiger partial charge in [-0.05, 0) is 43.8 Å². The third kappa shape index (κ3) is 3.90. The summed E-state index contributed by atoms with van der Waals surface area (Å²) in [5.41, 5.74) is -0.527. The number of methoxy groups -OCH3 is 1. The SMILES string of the molecule is COC(=O)Cc1csc2cc(OC(=O)C(C)(C)C)cc(C(F)F)c12. The lowest BCUT2D eigenvalue weighted by atomic mass is 9.97. The molecule has 1 heterocycles. The van der Waals surface area contributed by atoms with Crippen LogP contribution in [-0.2, 0) is 20.7 Å². The van der Waals surface area contributed by atoms with E-state index in [1.807, 2.05) is 0 Å². The average molecular weight is 356 g/mol. The molecule has 7 heteroatoms. The molecule has 1 aromatic heterocycles. The van der Waals surface area contributed by atoms with E-state index in [0.717, 1.165) is 6.07 Å². The van der Waals surface area contributed by atoms with Crippen LogP contribution in [-0.4, -0.2) is 19.0 Å². The lowest BCUT2D eigenvalue weighted by Crippen LogP contribution is -2.25. The van der Waals surface area contributed by atoms with E-state index < -0.39 is 23.8 Å². The van der Waals surface area contributed by atoms with Crippen molar-refractivity contribution in [2.45, 2.75) is 33.6 Å². The number of hydrogen-bond donors (Lipinski definition) is 0. The van der Waals surface area contributed by atoms with Crippen LogP contribution < -0.4 is 4.74 Å². The van der Waals surface area contributed by atoms with E-state index in [1.54, 1.807) is 26.2 Å². The van der Waals surface area contributed by atoms with Gasteiger partial charge in [0, 0.05) is 15.6 Å². The third-order valence-corrected chi connectivity index (χ3v) is 4.35. The Morgan fingerprint density at radius 1 is 1.25 bits per heavy atom. The number of benzene rings is 1. The second-order valence-electron chi connectivity index (χ2n) is 6.34. The molecule has 0 spiro atoms. The van der Waals surface area contributed by atoms with Gasteiger partial charge in [-0.3, -0.25) is 9.59 Å². The number of alkyl halides is 2. The summed E-state index contributed by atoms with van der Waals surface area (Å²) in [6.45, 7) is 5.05. The number of carbonyl (C=O) groups is 2. The number of thiophene rings is 1. The van der Waals surface area contributed by atoms with Crippen LogP contribution in [0.15, 0.2) is 17.5 Å². The van der Waals surface area contributed by atoms with Gasteiger partial charge in [0.1, 0.15) is 5.75 Å². The second-order valence-corrected chi connectivity index (χ2v) is 7.25. The predicted molar refractivity (Wildman–Crippen MR) is 87.6 cm³/mol. The standard InChI is InChI=1S/C17H18F2O4S/c1-17(2,3)16(21)23-10-6-11(15(18)19)14-9(5-13(20)22-4)8-24-12(14)7-10/h6-8,15H,5H2,1-4H3. The van der Waals surface area contributed by atoms with Gasteiger partial charge in [0.2, 0.25) is 0 Å². The summed E-state index contributed by atoms with van der Waals surface area (Å²) >= 11 is 1.21. The first-order valence-electron chi connectivity index (χ1n) is 7.24. The molecule has 2 aromatic rings. The molecule has 0 saturated carbocycles. The molecule has 0 bridgehead atoms. The van der Waals surface area contributed by atoms with E-state index in [0.29, 0.717) is 15.6 Å². The highest BCUT2D eigenvalue weighted by atomic mass is 32.1. The minimum absolute atomic E-state index is 0.0733. The lowest BCUT2D eigenvalue weighted by Gasteiger charge is -2.17. The largest absolute Gasteiger partial charge is 0.469 e. The average Bonchev–Trinajstić information content (AvgIpc) is 2.88. The molecule has 0 aliphatic carbocycles. The Kier molecular flexibility index (Phi) is 5.22. The molecule has 0 amide bonds. The Labute approximate surface area is 142 Å². The van der Waals surface area contributed by atoms with E-state index >= 15 is 0 Å². The van der Waals surface area contributed by atoms with Crippen molar-refractivity contribution < 1.29 is 27.8 Å². The van der Waals surface area contributed by atoms with E-state index in [1.165, 1.54) is 24.5 Å². The molecule has 24 heavy (non-hydrogen) atoms. The molecule has 0 N–H and O–H groups in total. The first-order valence-corrected chi connectivity index (χ1v) is 8.12. The van der Waals surface area contributed by atoms with Crippen molar-refractivity contribution >= 4 is 33.4 Å². The zero-order valence-corrected chi connectivity index (χ0v) is 14.6. The number of rotatable bonds is 4. The summed E-state index contributed by atoms with van der Waals surface area (Å²) in [5.74, 6) is -0.934. The minimum Gasteiger partial charge on any atom is -0.469 e. The second kappa shape index (κ2) is 6.84. The van der Waals surface area contributed by atoms with Gasteiger partial charge in [0.25, 0.3) is 6.43 Å². The highest BCUT2D eigenvalue weighted by Gasteiger charge is 2.25. The van der Waals surface area contributed by atoms with Crippen molar-refractivity contribution in [3.05, 3.63) is 28.6 Å². The fourth-order valence-electron chi connectivity index (χ4n) is 2.09. The number of hydrogen-bond acceptors (Lipinski definition) is 5. The molecule has 2 rings (SSSR count). The fraction of sp³-hybridized carbons (Fsp3) is 0.412. The Morgan fingerprint density at radius 3 is 2.46 bits per heavy atom. The molecule has 0 radical (unpaired) electrons. The summed E-state index contributed by atoms with van der Waals surface area (Å²) in [6.07, 6.45) is -2.84. The maximum atomic E-state index is 13.5. The van der Waals surface area contributed by atoms with Crippen molar-refractivity contribution in [2.24, 2.45) is 5.41 Å². The zero-order chi connectivity index (χ0) is 18.1. The molecule has 0 aliphatic rings. The molecule has 0 fully saturated rings. The van der Waals surface area contributed by atoms with Gasteiger partial charge in [-0.25, -0.2) is 8.78 Å². The van der Waals surface area contributed by atoms with E-state index in [-0.39, 0.29) is 17.7 Å².